The van der Waals surface area contributed by atoms with Crippen LogP contribution in [0.4, 0.5) is 4.39 Å². The number of thiophene rings is 1. The number of nitrogens with two attached hydrogens (primary N) is 1. The van der Waals surface area contributed by atoms with Crippen LogP contribution in [0.2, 0.25) is 0 Å². The smallest absolute Gasteiger partial charge is 0.355 e. The molecule has 1 unspecified atom stereocenters. The molecule has 2 aromatic carbocycles. The summed E-state index contributed by atoms with van der Waals surface area (Å²) in [5.41, 5.74) is 4.87. The van der Waals surface area contributed by atoms with Crippen LogP contribution in [0.1, 0.15) is 74.2 Å². The number of hydrogen-bond acceptors (Lipinski definition) is 7. The molecule has 1 atom stereocenters. The Bertz CT molecular complexity index is 1940. The van der Waals surface area contributed by atoms with Gasteiger partial charge in [-0.3, -0.25) is 0 Å². The molecule has 222 valence electrons. The number of carboxylic acid groups (broad SMARTS) is 1. The third-order valence-electron chi connectivity index (χ3n) is 7.83. The van der Waals surface area contributed by atoms with Gasteiger partial charge >= 0.3 is 5.97 Å². The van der Waals surface area contributed by atoms with Crippen molar-refractivity contribution >= 4 is 40.0 Å². The minimum atomic E-state index is -1.93. The van der Waals surface area contributed by atoms with E-state index in [4.69, 9.17) is 10.2 Å². The van der Waals surface area contributed by atoms with Crippen LogP contribution in [0, 0.1) is 23.6 Å². The number of halogens is 1. The standard InChI is InChI=1S/C33H27FN4O3S3/c34-26-16-21(7-13-30(26)44(35)41)15-25-28(17-20-4-5-20)38(33-36-27(18-42-33)32(39)40)37-31(25)23-3-1-2-19(14-23)6-10-24-11-12-29(43-24)22-8-9-22/h1-3,7,11-14,16,18,20,22H,4-5,8-9,15,17,35H2,(H,39,40). The van der Waals surface area contributed by atoms with Crippen molar-refractivity contribution in [2.45, 2.75) is 49.3 Å². The van der Waals surface area contributed by atoms with E-state index in [1.807, 2.05) is 24.3 Å². The lowest BCUT2D eigenvalue weighted by molar-refractivity contribution is 0.0691. The van der Waals surface area contributed by atoms with Crippen molar-refractivity contribution in [3.05, 3.63) is 104 Å². The molecule has 2 aliphatic carbocycles. The van der Waals surface area contributed by atoms with E-state index in [2.05, 4.69) is 29.0 Å². The molecule has 2 aliphatic rings. The van der Waals surface area contributed by atoms with Crippen molar-refractivity contribution in [3.63, 3.8) is 0 Å². The van der Waals surface area contributed by atoms with Gasteiger partial charge in [0.2, 0.25) is 10.0 Å². The fourth-order valence-corrected chi connectivity index (χ4v) is 7.49. The molecule has 7 nitrogen and oxygen atoms in total. The van der Waals surface area contributed by atoms with Crippen molar-refractivity contribution in [3.8, 4) is 28.2 Å². The highest BCUT2D eigenvalue weighted by atomic mass is 32.2. The molecular weight excluding hydrogens is 616 g/mol. The second-order valence-electron chi connectivity index (χ2n) is 11.2. The molecule has 0 bridgehead atoms. The molecule has 0 radical (unpaired) electrons. The number of aromatic nitrogens is 3. The number of benzene rings is 2. The maximum atomic E-state index is 14.9. The van der Waals surface area contributed by atoms with Gasteiger partial charge in [-0.05, 0) is 85.9 Å². The van der Waals surface area contributed by atoms with Gasteiger partial charge in [-0.1, -0.05) is 30.0 Å². The summed E-state index contributed by atoms with van der Waals surface area (Å²) in [6.07, 6.45) is 5.81. The van der Waals surface area contributed by atoms with Crippen LogP contribution in [0.25, 0.3) is 16.4 Å². The highest BCUT2D eigenvalue weighted by molar-refractivity contribution is 7.89. The fraction of sp³-hybridized carbons (Fsp3) is 0.242. The van der Waals surface area contributed by atoms with Crippen molar-refractivity contribution in [1.29, 1.82) is 0 Å². The van der Waals surface area contributed by atoms with Crippen LogP contribution in [-0.4, -0.2) is 30.4 Å². The summed E-state index contributed by atoms with van der Waals surface area (Å²) in [4.78, 5) is 18.4. The lowest BCUT2D eigenvalue weighted by Crippen LogP contribution is -2.14. The number of hydrogen-bond donors (Lipinski definition) is 2. The minimum absolute atomic E-state index is 0.0379. The third-order valence-corrected chi connectivity index (χ3v) is 10.6. The van der Waals surface area contributed by atoms with Gasteiger partial charge in [0, 0.05) is 33.4 Å². The van der Waals surface area contributed by atoms with E-state index >= 15 is 0 Å². The first kappa shape index (κ1) is 29.0. The van der Waals surface area contributed by atoms with Crippen molar-refractivity contribution in [1.82, 2.24) is 14.8 Å². The second-order valence-corrected chi connectivity index (χ2v) is 14.2. The zero-order valence-electron chi connectivity index (χ0n) is 23.5. The maximum absolute atomic E-state index is 14.9. The number of carboxylic acids is 1. The van der Waals surface area contributed by atoms with Gasteiger partial charge in [0.05, 0.1) is 27.6 Å². The number of aromatic carboxylic acids is 1. The van der Waals surface area contributed by atoms with Crippen LogP contribution in [0.15, 0.2) is 64.9 Å². The van der Waals surface area contributed by atoms with Crippen LogP contribution in [-0.2, 0) is 24.2 Å². The van der Waals surface area contributed by atoms with Gasteiger partial charge in [0.1, 0.15) is 0 Å². The summed E-state index contributed by atoms with van der Waals surface area (Å²) in [5, 5.41) is 22.0. The van der Waals surface area contributed by atoms with Crippen LogP contribution < -0.4 is 5.14 Å². The first-order valence-electron chi connectivity index (χ1n) is 14.3. The van der Waals surface area contributed by atoms with E-state index < -0.39 is 23.1 Å². The van der Waals surface area contributed by atoms with Crippen molar-refractivity contribution < 1.29 is 18.8 Å². The molecule has 0 spiro atoms. The molecular formula is C33H27FN4O3S3. The number of carbonyl (C=O) groups is 1. The summed E-state index contributed by atoms with van der Waals surface area (Å²) in [6, 6.07) is 16.7. The predicted octanol–water partition coefficient (Wildman–Crippen LogP) is 6.70. The van der Waals surface area contributed by atoms with Crippen molar-refractivity contribution in [2.24, 2.45) is 11.1 Å². The summed E-state index contributed by atoms with van der Waals surface area (Å²) in [6.45, 7) is 0. The zero-order chi connectivity index (χ0) is 30.4. The van der Waals surface area contributed by atoms with Crippen LogP contribution in [0.3, 0.4) is 0 Å². The zero-order valence-corrected chi connectivity index (χ0v) is 25.9. The molecule has 44 heavy (non-hydrogen) atoms. The average Bonchev–Trinajstić information content (AvgIpc) is 3.88. The SMILES string of the molecule is N[S+]([O-])c1ccc(Cc2c(-c3cccc(C#Cc4ccc(C5CC5)s4)c3)nn(-c3nc(C(=O)O)cs3)c2CC2CC2)cc1F. The molecule has 2 fully saturated rings. The fourth-order valence-electron chi connectivity index (χ4n) is 5.23. The molecule has 0 amide bonds. The van der Waals surface area contributed by atoms with E-state index in [-0.39, 0.29) is 10.6 Å². The Morgan fingerprint density at radius 2 is 1.98 bits per heavy atom. The van der Waals surface area contributed by atoms with Gasteiger partial charge in [0.25, 0.3) is 0 Å². The van der Waals surface area contributed by atoms with E-state index in [1.54, 1.807) is 22.1 Å². The minimum Gasteiger partial charge on any atom is -0.593 e. The average molecular weight is 643 g/mol. The first-order chi connectivity index (χ1) is 21.3. The van der Waals surface area contributed by atoms with E-state index in [0.29, 0.717) is 34.6 Å². The monoisotopic (exact) mass is 642 g/mol. The lowest BCUT2D eigenvalue weighted by atomic mass is 9.96. The quantitative estimate of drug-likeness (QED) is 0.137. The Labute approximate surface area is 264 Å². The second kappa shape index (κ2) is 12.0. The van der Waals surface area contributed by atoms with Gasteiger partial charge in [-0.2, -0.15) is 5.10 Å². The number of thiazole rings is 1. The maximum Gasteiger partial charge on any atom is 0.355 e. The highest BCUT2D eigenvalue weighted by Crippen LogP contribution is 2.43. The Morgan fingerprint density at radius 3 is 2.68 bits per heavy atom. The van der Waals surface area contributed by atoms with Crippen molar-refractivity contribution in [2.75, 3.05) is 0 Å². The summed E-state index contributed by atoms with van der Waals surface area (Å²) < 4.78 is 28.4. The number of rotatable bonds is 9. The Hall–Kier alpha value is -3.79. The number of nitrogens with zero attached hydrogens (tertiary/aromatic N) is 3. The summed E-state index contributed by atoms with van der Waals surface area (Å²) >= 11 is 1.04. The molecule has 3 heterocycles. The first-order valence-corrected chi connectivity index (χ1v) is 17.2. The van der Waals surface area contributed by atoms with E-state index in [9.17, 15) is 18.8 Å². The molecule has 0 saturated heterocycles. The van der Waals surface area contributed by atoms with Gasteiger partial charge in [-0.25, -0.2) is 18.9 Å². The molecule has 3 aromatic heterocycles. The Morgan fingerprint density at radius 1 is 1.14 bits per heavy atom. The Balaban J connectivity index is 1.32. The largest absolute Gasteiger partial charge is 0.593 e. The highest BCUT2D eigenvalue weighted by Gasteiger charge is 2.30. The normalized spacial score (nSPS) is 15.2. The van der Waals surface area contributed by atoms with Gasteiger partial charge in [-0.15, -0.1) is 27.8 Å². The van der Waals surface area contributed by atoms with Gasteiger partial charge in [0.15, 0.2) is 11.5 Å². The molecule has 0 aliphatic heterocycles. The third kappa shape index (κ3) is 6.22. The topological polar surface area (TPSA) is 117 Å². The van der Waals surface area contributed by atoms with Gasteiger partial charge < -0.3 is 9.66 Å². The summed E-state index contributed by atoms with van der Waals surface area (Å²) in [5.74, 6) is 6.08. The van der Waals surface area contributed by atoms with Crippen LogP contribution in [0.5, 0.6) is 0 Å². The molecule has 2 saturated carbocycles. The van der Waals surface area contributed by atoms with E-state index in [0.717, 1.165) is 46.5 Å². The summed E-state index contributed by atoms with van der Waals surface area (Å²) in [7, 11) is 0. The molecule has 3 N–H and O–H groups in total. The lowest BCUT2D eigenvalue weighted by Gasteiger charge is -2.10. The predicted molar refractivity (Wildman–Crippen MR) is 170 cm³/mol. The van der Waals surface area contributed by atoms with Crippen LogP contribution >= 0.6 is 22.7 Å². The molecule has 11 heteroatoms. The Kier molecular flexibility index (Phi) is 7.86. The van der Waals surface area contributed by atoms with E-state index in [1.165, 1.54) is 46.6 Å². The molecule has 5 aromatic rings. The molecule has 7 rings (SSSR count).